The molecule has 5 heteroatoms. The molecule has 0 bridgehead atoms. The molecule has 2 aliphatic rings. The predicted molar refractivity (Wildman–Crippen MR) is 110 cm³/mol. The van der Waals surface area contributed by atoms with Gasteiger partial charge in [-0.25, -0.2) is 0 Å². The van der Waals surface area contributed by atoms with Gasteiger partial charge in [-0.1, -0.05) is 66.3 Å². The highest BCUT2D eigenvalue weighted by atomic mass is 127. The number of esters is 1. The zero-order valence-electron chi connectivity index (χ0n) is 16.0. The van der Waals surface area contributed by atoms with Gasteiger partial charge in [-0.3, -0.25) is 9.59 Å². The molecule has 4 nitrogen and oxygen atoms in total. The number of benzene rings is 1. The molecule has 0 spiro atoms. The smallest absolute Gasteiger partial charge is 0.312 e. The van der Waals surface area contributed by atoms with Gasteiger partial charge in [0, 0.05) is 23.7 Å². The Kier molecular flexibility index (Phi) is 4.97. The predicted octanol–water partition coefficient (Wildman–Crippen LogP) is 4.05. The first-order chi connectivity index (χ1) is 12.1. The molecule has 1 aromatic carbocycles. The van der Waals surface area contributed by atoms with E-state index in [1.165, 1.54) is 7.11 Å². The van der Waals surface area contributed by atoms with Gasteiger partial charge >= 0.3 is 5.97 Å². The Bertz CT molecular complexity index is 781. The van der Waals surface area contributed by atoms with Crippen LogP contribution in [0.3, 0.4) is 0 Å². The second-order valence-corrected chi connectivity index (χ2v) is 10.0. The number of carbonyl (C=O) groups excluding carboxylic acids is 2. The third-order valence-electron chi connectivity index (χ3n) is 5.50. The molecule has 0 amide bonds. The second kappa shape index (κ2) is 6.66. The molecule has 2 unspecified atom stereocenters. The SMILES string of the molecule is COC(=O)C1C(C)NC2=C(C(=O)CC(C)(C)C2)[C@@]1(I)c1ccc(C)cc1. The molecule has 0 radical (unpaired) electrons. The Morgan fingerprint density at radius 1 is 1.23 bits per heavy atom. The van der Waals surface area contributed by atoms with E-state index in [2.05, 4.69) is 41.8 Å². The maximum atomic E-state index is 13.2. The molecule has 26 heavy (non-hydrogen) atoms. The van der Waals surface area contributed by atoms with Crippen molar-refractivity contribution >= 4 is 34.3 Å². The fraction of sp³-hybridized carbons (Fsp3) is 0.524. The quantitative estimate of drug-likeness (QED) is 0.405. The van der Waals surface area contributed by atoms with Crippen LogP contribution in [0, 0.1) is 18.3 Å². The Balaban J connectivity index is 2.26. The fourth-order valence-electron chi connectivity index (χ4n) is 4.34. The summed E-state index contributed by atoms with van der Waals surface area (Å²) in [6.45, 7) is 8.27. The number of ketones is 1. The number of ether oxygens (including phenoxy) is 1. The van der Waals surface area contributed by atoms with Gasteiger partial charge in [0.05, 0.1) is 16.4 Å². The van der Waals surface area contributed by atoms with E-state index >= 15 is 0 Å². The average molecular weight is 467 g/mol. The third-order valence-corrected chi connectivity index (χ3v) is 7.33. The van der Waals surface area contributed by atoms with Crippen molar-refractivity contribution in [2.75, 3.05) is 7.11 Å². The van der Waals surface area contributed by atoms with E-state index in [1.54, 1.807) is 0 Å². The zero-order chi connectivity index (χ0) is 19.3. The topological polar surface area (TPSA) is 55.4 Å². The van der Waals surface area contributed by atoms with Crippen LogP contribution in [0.2, 0.25) is 0 Å². The number of halogens is 1. The van der Waals surface area contributed by atoms with E-state index < -0.39 is 9.34 Å². The van der Waals surface area contributed by atoms with E-state index in [-0.39, 0.29) is 23.2 Å². The number of Topliss-reactive ketones (excluding diaryl/α,β-unsaturated/α-hetero) is 1. The van der Waals surface area contributed by atoms with Crippen LogP contribution in [0.5, 0.6) is 0 Å². The van der Waals surface area contributed by atoms with Crippen LogP contribution in [0.1, 0.15) is 44.7 Å². The van der Waals surface area contributed by atoms with E-state index in [4.69, 9.17) is 4.74 Å². The Morgan fingerprint density at radius 3 is 2.42 bits per heavy atom. The fourth-order valence-corrected chi connectivity index (χ4v) is 6.12. The minimum absolute atomic E-state index is 0.0778. The van der Waals surface area contributed by atoms with Crippen molar-refractivity contribution in [2.24, 2.45) is 11.3 Å². The summed E-state index contributed by atoms with van der Waals surface area (Å²) < 4.78 is 4.41. The van der Waals surface area contributed by atoms with Crippen molar-refractivity contribution in [1.82, 2.24) is 5.32 Å². The van der Waals surface area contributed by atoms with Crippen molar-refractivity contribution in [3.05, 3.63) is 46.7 Å². The molecule has 1 N–H and O–H groups in total. The third kappa shape index (κ3) is 3.08. The first-order valence-electron chi connectivity index (χ1n) is 8.97. The summed E-state index contributed by atoms with van der Waals surface area (Å²) >= 11 is 2.33. The summed E-state index contributed by atoms with van der Waals surface area (Å²) in [4.78, 5) is 25.9. The molecule has 1 heterocycles. The van der Waals surface area contributed by atoms with Crippen molar-refractivity contribution in [3.63, 3.8) is 0 Å². The Hall–Kier alpha value is -1.37. The molecule has 0 fully saturated rings. The standard InChI is InChI=1S/C21H26INO3/c1-12-6-8-14(9-7-12)21(22)17(19(25)26-5)13(2)23-15-10-20(3,4)11-16(24)18(15)21/h6-9,13,17,23H,10-11H2,1-5H3/t13?,17?,21-/m1/s1. The molecule has 140 valence electrons. The summed E-state index contributed by atoms with van der Waals surface area (Å²) in [5.41, 5.74) is 3.78. The van der Waals surface area contributed by atoms with E-state index in [0.717, 1.165) is 28.8 Å². The maximum Gasteiger partial charge on any atom is 0.312 e. The summed E-state index contributed by atoms with van der Waals surface area (Å²) in [7, 11) is 1.41. The Labute approximate surface area is 168 Å². The largest absolute Gasteiger partial charge is 0.469 e. The van der Waals surface area contributed by atoms with Gasteiger partial charge in [0.1, 0.15) is 0 Å². The zero-order valence-corrected chi connectivity index (χ0v) is 18.1. The number of hydrogen-bond donors (Lipinski definition) is 1. The highest BCUT2D eigenvalue weighted by molar-refractivity contribution is 14.1. The van der Waals surface area contributed by atoms with Crippen molar-refractivity contribution in [3.8, 4) is 0 Å². The van der Waals surface area contributed by atoms with Gasteiger partial charge in [0.15, 0.2) is 5.78 Å². The molecule has 0 aromatic heterocycles. The van der Waals surface area contributed by atoms with Gasteiger partial charge in [-0.05, 0) is 31.2 Å². The molecule has 1 aliphatic heterocycles. The average Bonchev–Trinajstić information content (AvgIpc) is 2.52. The molecular formula is C21H26INO3. The number of allylic oxidation sites excluding steroid dienone is 2. The van der Waals surface area contributed by atoms with E-state index in [9.17, 15) is 9.59 Å². The normalized spacial score (nSPS) is 30.5. The summed E-state index contributed by atoms with van der Waals surface area (Å²) in [5.74, 6) is -0.636. The van der Waals surface area contributed by atoms with Crippen molar-refractivity contribution < 1.29 is 14.3 Å². The van der Waals surface area contributed by atoms with Crippen molar-refractivity contribution in [2.45, 2.75) is 50.0 Å². The molecule has 1 aliphatic carbocycles. The Morgan fingerprint density at radius 2 is 1.85 bits per heavy atom. The summed E-state index contributed by atoms with van der Waals surface area (Å²) in [5, 5.41) is 3.46. The van der Waals surface area contributed by atoms with Gasteiger partial charge < -0.3 is 10.1 Å². The number of aryl methyl sites for hydroxylation is 1. The number of rotatable bonds is 2. The maximum absolute atomic E-state index is 13.2. The molecule has 1 aromatic rings. The van der Waals surface area contributed by atoms with Crippen LogP contribution < -0.4 is 5.32 Å². The lowest BCUT2D eigenvalue weighted by molar-refractivity contribution is -0.147. The number of nitrogens with one attached hydrogen (secondary N) is 1. The van der Waals surface area contributed by atoms with Crippen LogP contribution in [-0.4, -0.2) is 24.9 Å². The number of hydrogen-bond acceptors (Lipinski definition) is 4. The highest BCUT2D eigenvalue weighted by Gasteiger charge is 2.56. The summed E-state index contributed by atoms with van der Waals surface area (Å²) in [6, 6.07) is 8.02. The lowest BCUT2D eigenvalue weighted by Crippen LogP contribution is -2.56. The van der Waals surface area contributed by atoms with Crippen LogP contribution in [-0.2, 0) is 17.7 Å². The molecule has 3 rings (SSSR count). The minimum atomic E-state index is -0.730. The van der Waals surface area contributed by atoms with E-state index in [0.29, 0.717) is 6.42 Å². The lowest BCUT2D eigenvalue weighted by Gasteiger charge is -2.48. The lowest BCUT2D eigenvalue weighted by atomic mass is 9.65. The van der Waals surface area contributed by atoms with Gasteiger partial charge in [-0.15, -0.1) is 0 Å². The number of carbonyl (C=O) groups is 2. The van der Waals surface area contributed by atoms with Gasteiger partial charge in [0.25, 0.3) is 0 Å². The highest BCUT2D eigenvalue weighted by Crippen LogP contribution is 2.55. The second-order valence-electron chi connectivity index (χ2n) is 8.31. The van der Waals surface area contributed by atoms with Crippen LogP contribution in [0.4, 0.5) is 0 Å². The number of methoxy groups -OCH3 is 1. The van der Waals surface area contributed by atoms with Crippen LogP contribution in [0.15, 0.2) is 35.5 Å². The van der Waals surface area contributed by atoms with Crippen molar-refractivity contribution in [1.29, 1.82) is 0 Å². The van der Waals surface area contributed by atoms with Gasteiger partial charge in [0.2, 0.25) is 0 Å². The monoisotopic (exact) mass is 467 g/mol. The first-order valence-corrected chi connectivity index (χ1v) is 10.1. The van der Waals surface area contributed by atoms with E-state index in [1.807, 2.05) is 38.1 Å². The van der Waals surface area contributed by atoms with Gasteiger partial charge in [-0.2, -0.15) is 0 Å². The number of alkyl halides is 1. The van der Waals surface area contributed by atoms with Crippen LogP contribution >= 0.6 is 22.6 Å². The summed E-state index contributed by atoms with van der Waals surface area (Å²) in [6.07, 6.45) is 1.30. The minimum Gasteiger partial charge on any atom is -0.469 e. The molecule has 3 atom stereocenters. The molecular weight excluding hydrogens is 441 g/mol. The first kappa shape index (κ1) is 19.4. The molecule has 0 saturated carbocycles. The van der Waals surface area contributed by atoms with Crippen LogP contribution in [0.25, 0.3) is 0 Å². The molecule has 0 saturated heterocycles.